The smallest absolute Gasteiger partial charge is 0.339 e. The monoisotopic (exact) mass is 1110 g/mol. The van der Waals surface area contributed by atoms with Crippen molar-refractivity contribution < 1.29 is 57.1 Å². The van der Waals surface area contributed by atoms with Gasteiger partial charge in [0.25, 0.3) is 0 Å². The summed E-state index contributed by atoms with van der Waals surface area (Å²) in [5, 5.41) is 8.64. The van der Waals surface area contributed by atoms with E-state index < -0.39 is 23.9 Å². The molecule has 0 fully saturated rings. The third-order valence-electron chi connectivity index (χ3n) is 15.8. The predicted molar refractivity (Wildman–Crippen MR) is 324 cm³/mol. The van der Waals surface area contributed by atoms with Gasteiger partial charge in [0.2, 0.25) is 0 Å². The highest BCUT2D eigenvalue weighted by molar-refractivity contribution is 6.15. The summed E-state index contributed by atoms with van der Waals surface area (Å²) in [6.07, 6.45) is 0. The van der Waals surface area contributed by atoms with Crippen LogP contribution in [0.4, 0.5) is 0 Å². The molecule has 0 spiro atoms. The van der Waals surface area contributed by atoms with Gasteiger partial charge in [-0.25, -0.2) is 19.2 Å². The molecule has 0 N–H and O–H groups in total. The molecule has 12 aromatic rings. The molecule has 12 aromatic carbocycles. The molecule has 1 aliphatic heterocycles. The van der Waals surface area contributed by atoms with Crippen LogP contribution in [0, 0.1) is 0 Å². The Morgan fingerprint density at radius 3 is 0.655 bits per heavy atom. The van der Waals surface area contributed by atoms with Crippen LogP contribution in [-0.2, 0) is 45.4 Å². The van der Waals surface area contributed by atoms with E-state index in [1.807, 2.05) is 121 Å². The first kappa shape index (κ1) is 52.6. The lowest BCUT2D eigenvalue weighted by Gasteiger charge is -2.22. The quantitative estimate of drug-likeness (QED) is 0.122. The average Bonchev–Trinajstić information content (AvgIpc) is 2.89. The SMILES string of the molecule is COc1c2cc3ccccc3c1-c1c(OC)c(cc3ccccc13)COC(=O)c1ccc(c3ccccc13)C(=O)OCc1cc3ccccc3c(c1OC)-c1c(OC)c(cc3ccccc13)COC(=O)c1ccc(c3ccccc13)C(=O)OC2. The number of hydrogen-bond acceptors (Lipinski definition) is 12. The lowest BCUT2D eigenvalue weighted by Crippen LogP contribution is -2.11. The maximum absolute atomic E-state index is 14.5. The molecule has 1 heterocycles. The predicted octanol–water partition coefficient (Wildman–Crippen LogP) is 15.7. The molecule has 1 aliphatic rings. The minimum atomic E-state index is -0.623. The number of fused-ring (bicyclic) bond motifs is 30. The van der Waals surface area contributed by atoms with Crippen molar-refractivity contribution >= 4 is 88.5 Å². The Hall–Kier alpha value is -10.7. The van der Waals surface area contributed by atoms with Crippen molar-refractivity contribution in [3.63, 3.8) is 0 Å². The number of rotatable bonds is 4. The molecule has 0 aromatic heterocycles. The Morgan fingerprint density at radius 1 is 0.262 bits per heavy atom. The fraction of sp³-hybridized carbons (Fsp3) is 0.111. The second kappa shape index (κ2) is 22.0. The summed E-state index contributed by atoms with van der Waals surface area (Å²) in [6, 6.07) is 59.7. The number of carbonyl (C=O) groups excluding carboxylic acids is 4. The van der Waals surface area contributed by atoms with Gasteiger partial charge in [-0.05, 0) is 113 Å². The molecule has 12 nitrogen and oxygen atoms in total. The van der Waals surface area contributed by atoms with Crippen LogP contribution >= 0.6 is 0 Å². The minimum absolute atomic E-state index is 0.193. The minimum Gasteiger partial charge on any atom is -0.496 e. The van der Waals surface area contributed by atoms with Crippen molar-refractivity contribution in [3.8, 4) is 45.3 Å². The third kappa shape index (κ3) is 9.05. The van der Waals surface area contributed by atoms with Crippen LogP contribution in [0.5, 0.6) is 23.0 Å². The van der Waals surface area contributed by atoms with Gasteiger partial charge >= 0.3 is 23.9 Å². The molecule has 13 rings (SSSR count). The molecule has 0 aliphatic carbocycles. The molecule has 0 saturated carbocycles. The molecule has 0 radical (unpaired) electrons. The highest BCUT2D eigenvalue weighted by Gasteiger charge is 2.29. The van der Waals surface area contributed by atoms with Gasteiger partial charge in [-0.2, -0.15) is 0 Å². The summed E-state index contributed by atoms with van der Waals surface area (Å²) < 4.78 is 50.2. The first-order valence-corrected chi connectivity index (χ1v) is 27.2. The van der Waals surface area contributed by atoms with Crippen molar-refractivity contribution in [3.05, 3.63) is 239 Å². The zero-order valence-corrected chi connectivity index (χ0v) is 46.2. The summed E-state index contributed by atoms with van der Waals surface area (Å²) in [4.78, 5) is 58.0. The zero-order valence-electron chi connectivity index (χ0n) is 46.2. The first-order chi connectivity index (χ1) is 41.2. The number of carbonyl (C=O) groups is 4. The van der Waals surface area contributed by atoms with Gasteiger partial charge in [0.15, 0.2) is 0 Å². The lowest BCUT2D eigenvalue weighted by molar-refractivity contribution is 0.0459. The number of ether oxygens (including phenoxy) is 8. The van der Waals surface area contributed by atoms with E-state index in [4.69, 9.17) is 37.9 Å². The van der Waals surface area contributed by atoms with E-state index in [0.717, 1.165) is 43.1 Å². The van der Waals surface area contributed by atoms with Gasteiger partial charge in [-0.15, -0.1) is 0 Å². The molecule has 0 atom stereocenters. The lowest BCUT2D eigenvalue weighted by atomic mass is 9.89. The summed E-state index contributed by atoms with van der Waals surface area (Å²) >= 11 is 0. The van der Waals surface area contributed by atoms with Crippen LogP contribution in [0.2, 0.25) is 0 Å². The molecule has 84 heavy (non-hydrogen) atoms. The van der Waals surface area contributed by atoms with Crippen molar-refractivity contribution in [2.24, 2.45) is 0 Å². The Kier molecular flexibility index (Phi) is 13.8. The van der Waals surface area contributed by atoms with E-state index in [2.05, 4.69) is 0 Å². The molecule has 12 heteroatoms. The van der Waals surface area contributed by atoms with Crippen LogP contribution in [0.15, 0.2) is 194 Å². The van der Waals surface area contributed by atoms with Gasteiger partial charge in [-0.1, -0.05) is 146 Å². The number of cyclic esters (lactones) is 4. The fourth-order valence-corrected chi connectivity index (χ4v) is 12.1. The Labute approximate surface area is 482 Å². The van der Waals surface area contributed by atoms with Gasteiger partial charge < -0.3 is 37.9 Å². The van der Waals surface area contributed by atoms with Crippen molar-refractivity contribution in [2.45, 2.75) is 26.4 Å². The zero-order chi connectivity index (χ0) is 57.6. The molecule has 12 bridgehead atoms. The van der Waals surface area contributed by atoms with E-state index in [9.17, 15) is 19.2 Å². The van der Waals surface area contributed by atoms with Gasteiger partial charge in [0.1, 0.15) is 49.4 Å². The molecule has 0 amide bonds. The summed E-state index contributed by atoms with van der Waals surface area (Å²) in [5.74, 6) is -0.738. The van der Waals surface area contributed by atoms with Crippen LogP contribution in [0.25, 0.3) is 86.9 Å². The summed E-state index contributed by atoms with van der Waals surface area (Å²) in [5.41, 5.74) is 5.95. The molecule has 0 unspecified atom stereocenters. The molecular formula is C72H52O12. The van der Waals surface area contributed by atoms with Crippen molar-refractivity contribution in [2.75, 3.05) is 28.4 Å². The van der Waals surface area contributed by atoms with Crippen molar-refractivity contribution in [1.29, 1.82) is 0 Å². The van der Waals surface area contributed by atoms with Gasteiger partial charge in [0, 0.05) is 44.5 Å². The van der Waals surface area contributed by atoms with E-state index in [1.54, 1.807) is 101 Å². The fourth-order valence-electron chi connectivity index (χ4n) is 12.1. The average molecular weight is 1110 g/mol. The van der Waals surface area contributed by atoms with E-state index in [0.29, 0.717) is 89.1 Å². The third-order valence-corrected chi connectivity index (χ3v) is 15.8. The van der Waals surface area contributed by atoms with Gasteiger partial charge in [0.05, 0.1) is 50.7 Å². The maximum atomic E-state index is 14.5. The standard InChI is InChI=1S/C72H52O12/c1-77-65-45-33-41-17-5-9-21-49(41)61(65)62-50-22-10-6-18-42(50)34-46(66(62)78-2)38-82-70(74)59-31-32-60(56-28-16-15-27-55(56)59)72(76)84-40-48-36-44-20-8-12-24-52(44)64(68(48)80-4)63-51-23-11-7-19-43(51)35-47(67(63)79-3)39-83-71(75)58-30-29-57(69(73)81-37-45)53-25-13-14-26-54(53)58/h5-36H,37-40H2,1-4H3. The topological polar surface area (TPSA) is 142 Å². The second-order valence-corrected chi connectivity index (χ2v) is 20.4. The van der Waals surface area contributed by atoms with E-state index >= 15 is 0 Å². The maximum Gasteiger partial charge on any atom is 0.339 e. The first-order valence-electron chi connectivity index (χ1n) is 27.2. The highest BCUT2D eigenvalue weighted by Crippen LogP contribution is 2.51. The number of benzene rings is 12. The van der Waals surface area contributed by atoms with Crippen LogP contribution in [-0.4, -0.2) is 52.3 Å². The summed E-state index contributed by atoms with van der Waals surface area (Å²) in [7, 11) is 6.28. The number of hydrogen-bond donors (Lipinski definition) is 0. The van der Waals surface area contributed by atoms with E-state index in [-0.39, 0.29) is 48.7 Å². The van der Waals surface area contributed by atoms with Crippen LogP contribution in [0.3, 0.4) is 0 Å². The van der Waals surface area contributed by atoms with E-state index in [1.165, 1.54) is 0 Å². The largest absolute Gasteiger partial charge is 0.496 e. The Morgan fingerprint density at radius 2 is 0.452 bits per heavy atom. The Bertz CT molecular complexity index is 4120. The molecular weight excluding hydrogens is 1060 g/mol. The summed E-state index contributed by atoms with van der Waals surface area (Å²) in [6.45, 7) is -0.772. The Balaban J connectivity index is 0.980. The van der Waals surface area contributed by atoms with Crippen LogP contribution in [0.1, 0.15) is 63.7 Å². The number of esters is 4. The van der Waals surface area contributed by atoms with Crippen LogP contribution < -0.4 is 18.9 Å². The molecule has 412 valence electrons. The second-order valence-electron chi connectivity index (χ2n) is 20.4. The van der Waals surface area contributed by atoms with Gasteiger partial charge in [-0.3, -0.25) is 0 Å². The molecule has 0 saturated heterocycles. The normalized spacial score (nSPS) is 13.3. The van der Waals surface area contributed by atoms with Crippen molar-refractivity contribution in [1.82, 2.24) is 0 Å². The highest BCUT2D eigenvalue weighted by atomic mass is 16.5. The number of methoxy groups -OCH3 is 4.